The van der Waals surface area contributed by atoms with Crippen molar-refractivity contribution in [3.05, 3.63) is 115 Å². The largest absolute Gasteiger partial charge is 0.299 e. The number of aromatic nitrogens is 8. The summed E-state index contributed by atoms with van der Waals surface area (Å²) in [5.74, 6) is 2.54. The van der Waals surface area contributed by atoms with Crippen molar-refractivity contribution in [1.29, 1.82) is 5.41 Å². The first-order chi connectivity index (χ1) is 23.2. The van der Waals surface area contributed by atoms with E-state index in [-0.39, 0.29) is 0 Å². The van der Waals surface area contributed by atoms with Gasteiger partial charge in [0, 0.05) is 41.4 Å². The first-order valence-corrected chi connectivity index (χ1v) is 15.6. The Labute approximate surface area is 270 Å². The van der Waals surface area contributed by atoms with Gasteiger partial charge in [-0.15, -0.1) is 10.2 Å². The predicted molar refractivity (Wildman–Crippen MR) is 182 cm³/mol. The number of H-pyrrole nitrogens is 1. The summed E-state index contributed by atoms with van der Waals surface area (Å²) in [5.41, 5.74) is 7.67. The van der Waals surface area contributed by atoms with E-state index in [1.54, 1.807) is 6.20 Å². The monoisotopic (exact) mass is 617 g/mol. The van der Waals surface area contributed by atoms with Crippen molar-refractivity contribution in [3.63, 3.8) is 0 Å². The number of fused-ring (bicyclic) bond motifs is 3. The van der Waals surface area contributed by atoms with E-state index >= 15 is 0 Å². The maximum Gasteiger partial charge on any atom is 0.199 e. The van der Waals surface area contributed by atoms with Crippen LogP contribution in [0.1, 0.15) is 36.0 Å². The average Bonchev–Trinajstić information content (AvgIpc) is 3.80. The van der Waals surface area contributed by atoms with Gasteiger partial charge in [0.1, 0.15) is 17.9 Å². The van der Waals surface area contributed by atoms with Crippen LogP contribution in [0.4, 0.5) is 0 Å². The van der Waals surface area contributed by atoms with Crippen LogP contribution in [0, 0.1) is 5.41 Å². The minimum atomic E-state index is 0.370. The zero-order chi connectivity index (χ0) is 31.6. The van der Waals surface area contributed by atoms with Crippen molar-refractivity contribution in [2.45, 2.75) is 25.3 Å². The molecule has 0 saturated carbocycles. The van der Waals surface area contributed by atoms with Crippen LogP contribution in [0.3, 0.4) is 0 Å². The Hall–Kier alpha value is -5.94. The van der Waals surface area contributed by atoms with Gasteiger partial charge in [-0.2, -0.15) is 5.10 Å². The standard InChI is InChI=1S/C36H31N11/c37-23-38-21-32-42-45-36-29-20-28(25-6-2-1-3-7-25)33(40-30(29)15-19-47(32)36)26-11-9-24(10-12-26)22-46-17-13-27(14-18-46)34-41-35(44-43-34)31-8-4-5-16-39-31/h1-12,15-16,19-21,23,27,37H,13-14,17-18,22H2,(H,41,43,44). The molecule has 0 amide bonds. The van der Waals surface area contributed by atoms with Crippen molar-refractivity contribution in [1.82, 2.24) is 44.6 Å². The number of hydrogen-bond donors (Lipinski definition) is 2. The number of aliphatic imine (C=N–C) groups is 1. The Morgan fingerprint density at radius 2 is 1.72 bits per heavy atom. The lowest BCUT2D eigenvalue weighted by Gasteiger charge is -2.31. The molecular weight excluding hydrogens is 586 g/mol. The molecule has 11 nitrogen and oxygen atoms in total. The summed E-state index contributed by atoms with van der Waals surface area (Å²) in [7, 11) is 0. The van der Waals surface area contributed by atoms with Crippen LogP contribution in [0.15, 0.2) is 102 Å². The van der Waals surface area contributed by atoms with Gasteiger partial charge in [0.25, 0.3) is 0 Å². The van der Waals surface area contributed by atoms with E-state index in [4.69, 9.17) is 15.4 Å². The second kappa shape index (κ2) is 12.5. The third-order valence-corrected chi connectivity index (χ3v) is 8.75. The molecule has 230 valence electrons. The van der Waals surface area contributed by atoms with Gasteiger partial charge in [0.05, 0.1) is 17.4 Å². The normalized spacial score (nSPS) is 14.4. The molecule has 2 aromatic carbocycles. The zero-order valence-electron chi connectivity index (χ0n) is 25.5. The third kappa shape index (κ3) is 5.68. The smallest absolute Gasteiger partial charge is 0.199 e. The van der Waals surface area contributed by atoms with E-state index in [2.05, 4.69) is 77.7 Å². The maximum absolute atomic E-state index is 7.21. The van der Waals surface area contributed by atoms with E-state index in [0.717, 1.165) is 83.6 Å². The Bertz CT molecular complexity index is 2200. The lowest BCUT2D eigenvalue weighted by Crippen LogP contribution is -2.32. The lowest BCUT2D eigenvalue weighted by atomic mass is 9.95. The molecule has 8 rings (SSSR count). The van der Waals surface area contributed by atoms with Crippen molar-refractivity contribution in [3.8, 4) is 33.9 Å². The number of rotatable bonds is 8. The van der Waals surface area contributed by atoms with Crippen molar-refractivity contribution >= 4 is 29.1 Å². The number of nitrogens with one attached hydrogen (secondary N) is 2. The van der Waals surface area contributed by atoms with Crippen LogP contribution in [-0.2, 0) is 6.54 Å². The Morgan fingerprint density at radius 3 is 2.51 bits per heavy atom. The van der Waals surface area contributed by atoms with Gasteiger partial charge in [-0.1, -0.05) is 60.7 Å². The minimum Gasteiger partial charge on any atom is -0.299 e. The fourth-order valence-corrected chi connectivity index (χ4v) is 6.32. The van der Waals surface area contributed by atoms with E-state index in [0.29, 0.717) is 23.2 Å². The van der Waals surface area contributed by atoms with Crippen LogP contribution in [0.5, 0.6) is 0 Å². The van der Waals surface area contributed by atoms with Gasteiger partial charge in [-0.05, 0) is 61.3 Å². The highest BCUT2D eigenvalue weighted by Gasteiger charge is 2.24. The van der Waals surface area contributed by atoms with Gasteiger partial charge in [0.2, 0.25) is 0 Å². The second-order valence-electron chi connectivity index (χ2n) is 11.7. The molecule has 11 heteroatoms. The molecule has 0 atom stereocenters. The number of nitrogens with zero attached hydrogens (tertiary/aromatic N) is 9. The summed E-state index contributed by atoms with van der Waals surface area (Å²) in [6, 6.07) is 29.0. The van der Waals surface area contributed by atoms with Crippen LogP contribution >= 0.6 is 0 Å². The number of aromatic amines is 1. The first-order valence-electron chi connectivity index (χ1n) is 15.6. The highest BCUT2D eigenvalue weighted by molar-refractivity contribution is 5.99. The fourth-order valence-electron chi connectivity index (χ4n) is 6.32. The topological polar surface area (TPSA) is 137 Å². The van der Waals surface area contributed by atoms with E-state index in [9.17, 15) is 0 Å². The van der Waals surface area contributed by atoms with Gasteiger partial charge in [-0.3, -0.25) is 24.8 Å². The van der Waals surface area contributed by atoms with Crippen LogP contribution in [-0.4, -0.2) is 70.3 Å². The molecular formula is C36H31N11. The van der Waals surface area contributed by atoms with Crippen LogP contribution < -0.4 is 0 Å². The van der Waals surface area contributed by atoms with Crippen molar-refractivity contribution in [2.24, 2.45) is 4.99 Å². The zero-order valence-corrected chi connectivity index (χ0v) is 25.5. The van der Waals surface area contributed by atoms with Gasteiger partial charge in [-0.25, -0.2) is 15.0 Å². The van der Waals surface area contributed by atoms with E-state index < -0.39 is 0 Å². The number of benzene rings is 2. The predicted octanol–water partition coefficient (Wildman–Crippen LogP) is 6.20. The molecule has 7 aromatic rings. The summed E-state index contributed by atoms with van der Waals surface area (Å²) >= 11 is 0. The van der Waals surface area contributed by atoms with Crippen LogP contribution in [0.25, 0.3) is 50.5 Å². The Kier molecular flexibility index (Phi) is 7.56. The molecule has 1 saturated heterocycles. The number of hydrogen-bond acceptors (Lipinski definition) is 8. The maximum atomic E-state index is 7.21. The summed E-state index contributed by atoms with van der Waals surface area (Å²) in [5, 5.41) is 24.4. The van der Waals surface area contributed by atoms with Crippen molar-refractivity contribution < 1.29 is 0 Å². The summed E-state index contributed by atoms with van der Waals surface area (Å²) in [6.07, 6.45) is 8.24. The quantitative estimate of drug-likeness (QED) is 0.153. The van der Waals surface area contributed by atoms with Gasteiger partial charge < -0.3 is 0 Å². The molecule has 5 aromatic heterocycles. The molecule has 0 unspecified atom stereocenters. The molecule has 6 heterocycles. The van der Waals surface area contributed by atoms with E-state index in [1.165, 1.54) is 11.8 Å². The number of piperidine rings is 1. The Balaban J connectivity index is 1.02. The van der Waals surface area contributed by atoms with Crippen molar-refractivity contribution in [2.75, 3.05) is 13.1 Å². The molecule has 47 heavy (non-hydrogen) atoms. The van der Waals surface area contributed by atoms with E-state index in [1.807, 2.05) is 53.1 Å². The molecule has 0 aliphatic carbocycles. The Morgan fingerprint density at radius 1 is 0.894 bits per heavy atom. The molecule has 2 N–H and O–H groups in total. The summed E-state index contributed by atoms with van der Waals surface area (Å²) in [6.45, 7) is 2.90. The lowest BCUT2D eigenvalue weighted by molar-refractivity contribution is 0.202. The highest BCUT2D eigenvalue weighted by Crippen LogP contribution is 2.35. The molecule has 0 bridgehead atoms. The average molecular weight is 618 g/mol. The highest BCUT2D eigenvalue weighted by atomic mass is 15.3. The summed E-state index contributed by atoms with van der Waals surface area (Å²) in [4.78, 5) is 20.7. The molecule has 1 aliphatic rings. The first kappa shape index (κ1) is 28.5. The molecule has 0 spiro atoms. The molecule has 1 fully saturated rings. The van der Waals surface area contributed by atoms with Gasteiger partial charge in [0.15, 0.2) is 17.3 Å². The fraction of sp³-hybridized carbons (Fsp3) is 0.167. The number of likely N-dealkylation sites (tertiary alicyclic amines) is 1. The third-order valence-electron chi connectivity index (χ3n) is 8.75. The number of pyridine rings is 3. The molecule has 0 radical (unpaired) electrons. The summed E-state index contributed by atoms with van der Waals surface area (Å²) < 4.78 is 1.87. The minimum absolute atomic E-state index is 0.370. The SMILES string of the molecule is N=CN=Cc1nnc2c3cc(-c4ccccc4)c(-c4ccc(CN5CCC(c6nc(-c7ccccn7)n[nH]6)CC5)cc4)nc3ccn12. The molecule has 1 aliphatic heterocycles. The second-order valence-corrected chi connectivity index (χ2v) is 11.7. The van der Waals surface area contributed by atoms with Crippen LogP contribution in [0.2, 0.25) is 0 Å². The van der Waals surface area contributed by atoms with Gasteiger partial charge >= 0.3 is 0 Å².